The molecule has 1 amide bonds. The number of anilines is 2. The molecule has 0 radical (unpaired) electrons. The van der Waals surface area contributed by atoms with E-state index in [2.05, 4.69) is 32.3 Å². The van der Waals surface area contributed by atoms with Gasteiger partial charge in [0.2, 0.25) is 5.91 Å². The quantitative estimate of drug-likeness (QED) is 0.415. The van der Waals surface area contributed by atoms with E-state index in [1.807, 2.05) is 53.3 Å². The maximum Gasteiger partial charge on any atom is 0.248 e. The normalized spacial score (nSPS) is 13.5. The molecule has 4 heterocycles. The Hall–Kier alpha value is -4.26. The van der Waals surface area contributed by atoms with Crippen molar-refractivity contribution in [2.45, 2.75) is 19.4 Å². The summed E-state index contributed by atoms with van der Waals surface area (Å²) in [7, 11) is 0. The summed E-state index contributed by atoms with van der Waals surface area (Å²) < 4.78 is 1.89. The second-order valence-corrected chi connectivity index (χ2v) is 8.25. The minimum absolute atomic E-state index is 0.207. The van der Waals surface area contributed by atoms with E-state index in [0.717, 1.165) is 59.8 Å². The number of carbonyl (C=O) groups is 1. The predicted molar refractivity (Wildman–Crippen MR) is 134 cm³/mol. The standard InChI is InChI=1S/C27H26N6O/c34-25(30-24-11-7-15-29-27(24)32-16-4-5-17-32)13-12-23-20-33(19-21-8-2-1-3-9-21)31-26(23)22-10-6-14-28-18-22/h1-3,6-15,18,20H,4-5,16-17,19H2,(H,30,34)/b13-12+. The van der Waals surface area contributed by atoms with Crippen LogP contribution in [0.4, 0.5) is 11.5 Å². The van der Waals surface area contributed by atoms with Gasteiger partial charge in [-0.1, -0.05) is 30.3 Å². The maximum atomic E-state index is 12.8. The molecule has 1 saturated heterocycles. The van der Waals surface area contributed by atoms with Crippen LogP contribution in [0, 0.1) is 0 Å². The van der Waals surface area contributed by atoms with Crippen LogP contribution in [-0.2, 0) is 11.3 Å². The Labute approximate surface area is 198 Å². The van der Waals surface area contributed by atoms with Crippen molar-refractivity contribution in [2.24, 2.45) is 0 Å². The number of carbonyl (C=O) groups excluding carboxylic acids is 1. The zero-order chi connectivity index (χ0) is 23.2. The van der Waals surface area contributed by atoms with Gasteiger partial charge in [0.1, 0.15) is 5.69 Å². The van der Waals surface area contributed by atoms with E-state index in [-0.39, 0.29) is 5.91 Å². The van der Waals surface area contributed by atoms with Gasteiger partial charge in [-0.25, -0.2) is 4.98 Å². The molecule has 0 bridgehead atoms. The fourth-order valence-electron chi connectivity index (χ4n) is 4.15. The van der Waals surface area contributed by atoms with Crippen LogP contribution in [0.1, 0.15) is 24.0 Å². The van der Waals surface area contributed by atoms with Gasteiger partial charge in [0.25, 0.3) is 0 Å². The first-order valence-corrected chi connectivity index (χ1v) is 11.5. The number of nitrogens with zero attached hydrogens (tertiary/aromatic N) is 5. The molecule has 0 spiro atoms. The van der Waals surface area contributed by atoms with E-state index in [9.17, 15) is 4.79 Å². The smallest absolute Gasteiger partial charge is 0.248 e. The molecule has 1 N–H and O–H groups in total. The number of rotatable bonds is 7. The summed E-state index contributed by atoms with van der Waals surface area (Å²) >= 11 is 0. The van der Waals surface area contributed by atoms with Crippen molar-refractivity contribution in [3.63, 3.8) is 0 Å². The van der Waals surface area contributed by atoms with Crippen molar-refractivity contribution in [1.29, 1.82) is 0 Å². The Kier molecular flexibility index (Phi) is 6.42. The Balaban J connectivity index is 1.38. The van der Waals surface area contributed by atoms with Gasteiger partial charge in [-0.2, -0.15) is 5.10 Å². The lowest BCUT2D eigenvalue weighted by atomic mass is 10.1. The molecular formula is C27H26N6O. The van der Waals surface area contributed by atoms with Crippen LogP contribution in [0.2, 0.25) is 0 Å². The summed E-state index contributed by atoms with van der Waals surface area (Å²) in [6.07, 6.45) is 12.9. The zero-order valence-corrected chi connectivity index (χ0v) is 18.8. The third kappa shape index (κ3) is 5.04. The number of nitrogens with one attached hydrogen (secondary N) is 1. The van der Waals surface area contributed by atoms with Crippen molar-refractivity contribution in [3.05, 3.63) is 96.6 Å². The number of aromatic nitrogens is 4. The number of amides is 1. The van der Waals surface area contributed by atoms with Gasteiger partial charge in [-0.3, -0.25) is 14.5 Å². The van der Waals surface area contributed by atoms with E-state index in [1.54, 1.807) is 30.7 Å². The molecule has 0 unspecified atom stereocenters. The molecule has 0 saturated carbocycles. The first-order valence-electron chi connectivity index (χ1n) is 11.5. The first-order chi connectivity index (χ1) is 16.8. The van der Waals surface area contributed by atoms with Crippen molar-refractivity contribution in [3.8, 4) is 11.3 Å². The summed E-state index contributed by atoms with van der Waals surface area (Å²) in [5.41, 5.74) is 4.42. The second-order valence-electron chi connectivity index (χ2n) is 8.25. The van der Waals surface area contributed by atoms with Gasteiger partial charge in [-0.05, 0) is 48.7 Å². The van der Waals surface area contributed by atoms with Gasteiger partial charge in [-0.15, -0.1) is 0 Å². The highest BCUT2D eigenvalue weighted by atomic mass is 16.1. The Bertz CT molecular complexity index is 1280. The summed E-state index contributed by atoms with van der Waals surface area (Å²) in [5.74, 6) is 0.620. The molecular weight excluding hydrogens is 424 g/mol. The molecule has 4 aromatic rings. The Morgan fingerprint density at radius 2 is 1.82 bits per heavy atom. The lowest BCUT2D eigenvalue weighted by Gasteiger charge is -2.19. The van der Waals surface area contributed by atoms with Gasteiger partial charge in [0, 0.05) is 55.1 Å². The van der Waals surface area contributed by atoms with Gasteiger partial charge >= 0.3 is 0 Å². The van der Waals surface area contributed by atoms with E-state index in [1.165, 1.54) is 0 Å². The van der Waals surface area contributed by atoms with E-state index in [0.29, 0.717) is 6.54 Å². The second kappa shape index (κ2) is 10.1. The molecule has 3 aromatic heterocycles. The monoisotopic (exact) mass is 450 g/mol. The number of benzene rings is 1. The number of hydrogen-bond donors (Lipinski definition) is 1. The molecule has 1 aliphatic heterocycles. The highest BCUT2D eigenvalue weighted by molar-refractivity contribution is 6.03. The van der Waals surface area contributed by atoms with Gasteiger partial charge in [0.05, 0.1) is 12.2 Å². The van der Waals surface area contributed by atoms with Crippen LogP contribution < -0.4 is 10.2 Å². The van der Waals surface area contributed by atoms with Crippen LogP contribution in [0.3, 0.4) is 0 Å². The highest BCUT2D eigenvalue weighted by Crippen LogP contribution is 2.26. The largest absolute Gasteiger partial charge is 0.355 e. The highest BCUT2D eigenvalue weighted by Gasteiger charge is 2.17. The summed E-state index contributed by atoms with van der Waals surface area (Å²) in [6, 6.07) is 17.8. The van der Waals surface area contributed by atoms with Gasteiger partial charge < -0.3 is 10.2 Å². The molecule has 5 rings (SSSR count). The Morgan fingerprint density at radius 1 is 1.00 bits per heavy atom. The molecule has 170 valence electrons. The molecule has 0 atom stereocenters. The fraction of sp³-hybridized carbons (Fsp3) is 0.185. The summed E-state index contributed by atoms with van der Waals surface area (Å²) in [4.78, 5) is 23.8. The van der Waals surface area contributed by atoms with Crippen LogP contribution in [0.25, 0.3) is 17.3 Å². The summed E-state index contributed by atoms with van der Waals surface area (Å²) in [5, 5.41) is 7.78. The van der Waals surface area contributed by atoms with Crippen LogP contribution >= 0.6 is 0 Å². The Morgan fingerprint density at radius 3 is 2.62 bits per heavy atom. The molecule has 1 fully saturated rings. The molecule has 1 aliphatic rings. The molecule has 0 aliphatic carbocycles. The van der Waals surface area contributed by atoms with Crippen molar-refractivity contribution < 1.29 is 4.79 Å². The van der Waals surface area contributed by atoms with Crippen molar-refractivity contribution >= 4 is 23.5 Å². The number of pyridine rings is 2. The summed E-state index contributed by atoms with van der Waals surface area (Å²) in [6.45, 7) is 2.57. The topological polar surface area (TPSA) is 75.9 Å². The maximum absolute atomic E-state index is 12.8. The van der Waals surface area contributed by atoms with Crippen LogP contribution in [-0.4, -0.2) is 38.7 Å². The lowest BCUT2D eigenvalue weighted by molar-refractivity contribution is -0.111. The molecule has 7 nitrogen and oxygen atoms in total. The lowest BCUT2D eigenvalue weighted by Crippen LogP contribution is -2.21. The predicted octanol–water partition coefficient (Wildman–Crippen LogP) is 4.64. The molecule has 7 heteroatoms. The van der Waals surface area contributed by atoms with E-state index in [4.69, 9.17) is 5.10 Å². The molecule has 34 heavy (non-hydrogen) atoms. The number of hydrogen-bond acceptors (Lipinski definition) is 5. The minimum Gasteiger partial charge on any atom is -0.355 e. The average molecular weight is 451 g/mol. The average Bonchev–Trinajstić information content (AvgIpc) is 3.55. The minimum atomic E-state index is -0.207. The van der Waals surface area contributed by atoms with Crippen molar-refractivity contribution in [1.82, 2.24) is 19.7 Å². The van der Waals surface area contributed by atoms with E-state index < -0.39 is 0 Å². The van der Waals surface area contributed by atoms with E-state index >= 15 is 0 Å². The fourth-order valence-corrected chi connectivity index (χ4v) is 4.15. The third-order valence-electron chi connectivity index (χ3n) is 5.78. The van der Waals surface area contributed by atoms with Gasteiger partial charge in [0.15, 0.2) is 5.82 Å². The first kappa shape index (κ1) is 21.6. The molecule has 1 aromatic carbocycles. The van der Waals surface area contributed by atoms with Crippen molar-refractivity contribution in [2.75, 3.05) is 23.3 Å². The zero-order valence-electron chi connectivity index (χ0n) is 18.8. The van der Waals surface area contributed by atoms with Crippen LogP contribution in [0.15, 0.2) is 85.5 Å². The third-order valence-corrected chi connectivity index (χ3v) is 5.78. The SMILES string of the molecule is O=C(/C=C/c1cn(Cc2ccccc2)nc1-c1cccnc1)Nc1cccnc1N1CCCC1. The van der Waals surface area contributed by atoms with Crippen LogP contribution in [0.5, 0.6) is 0 Å².